The molecule has 0 saturated carbocycles. The van der Waals surface area contributed by atoms with Crippen molar-refractivity contribution in [2.45, 2.75) is 26.4 Å². The molecule has 8 heteroatoms. The van der Waals surface area contributed by atoms with Gasteiger partial charge in [0.1, 0.15) is 6.54 Å². The van der Waals surface area contributed by atoms with Crippen molar-refractivity contribution in [3.8, 4) is 0 Å². The molecule has 1 fully saturated rings. The summed E-state index contributed by atoms with van der Waals surface area (Å²) in [7, 11) is 0. The van der Waals surface area contributed by atoms with E-state index in [0.29, 0.717) is 18.1 Å². The average molecular weight is 347 g/mol. The third-order valence-electron chi connectivity index (χ3n) is 4.57. The van der Waals surface area contributed by atoms with Crippen molar-refractivity contribution in [1.82, 2.24) is 24.4 Å². The van der Waals surface area contributed by atoms with Crippen LogP contribution in [0, 0.1) is 5.92 Å². The number of nitrogens with zero attached hydrogens (tertiary/aromatic N) is 4. The number of morpholine rings is 1. The average Bonchev–Trinajstić information content (AvgIpc) is 2.92. The van der Waals surface area contributed by atoms with Gasteiger partial charge in [-0.25, -0.2) is 9.48 Å². The summed E-state index contributed by atoms with van der Waals surface area (Å²) in [6.45, 7) is 8.00. The number of hydrogen-bond donors (Lipinski definition) is 1. The van der Waals surface area contributed by atoms with Crippen molar-refractivity contribution in [2.75, 3.05) is 32.8 Å². The first-order valence-electron chi connectivity index (χ1n) is 8.69. The second-order valence-corrected chi connectivity index (χ2v) is 6.63. The summed E-state index contributed by atoms with van der Waals surface area (Å²) in [5.41, 5.74) is 0.230. The fourth-order valence-corrected chi connectivity index (χ4v) is 3.18. The number of rotatable bonds is 6. The number of pyridine rings is 1. The molecule has 0 bridgehead atoms. The van der Waals surface area contributed by atoms with Crippen LogP contribution in [0.25, 0.3) is 5.65 Å². The maximum absolute atomic E-state index is 12.3. The molecule has 3 rings (SSSR count). The van der Waals surface area contributed by atoms with Gasteiger partial charge in [-0.15, -0.1) is 5.10 Å². The highest BCUT2D eigenvalue weighted by Gasteiger charge is 2.24. The lowest BCUT2D eigenvalue weighted by Crippen LogP contribution is -2.51. The normalized spacial score (nSPS) is 17.1. The zero-order valence-corrected chi connectivity index (χ0v) is 14.7. The molecule has 0 aromatic carbocycles. The van der Waals surface area contributed by atoms with Gasteiger partial charge >= 0.3 is 5.69 Å². The lowest BCUT2D eigenvalue weighted by molar-refractivity contribution is -0.122. The maximum atomic E-state index is 12.3. The van der Waals surface area contributed by atoms with Gasteiger partial charge < -0.3 is 10.1 Å². The van der Waals surface area contributed by atoms with Crippen molar-refractivity contribution < 1.29 is 9.53 Å². The summed E-state index contributed by atoms with van der Waals surface area (Å²) in [6, 6.07) is 5.56. The Morgan fingerprint density at radius 3 is 2.76 bits per heavy atom. The molecule has 0 spiro atoms. The molecule has 0 radical (unpaired) electrons. The predicted octanol–water partition coefficient (Wildman–Crippen LogP) is -0.0310. The molecule has 0 unspecified atom stereocenters. The number of carbonyl (C=O) groups is 1. The number of aromatic nitrogens is 3. The first-order valence-corrected chi connectivity index (χ1v) is 8.69. The highest BCUT2D eigenvalue weighted by molar-refractivity contribution is 5.75. The van der Waals surface area contributed by atoms with Crippen LogP contribution in [0.5, 0.6) is 0 Å². The van der Waals surface area contributed by atoms with E-state index in [1.807, 2.05) is 6.07 Å². The van der Waals surface area contributed by atoms with E-state index >= 15 is 0 Å². The van der Waals surface area contributed by atoms with Gasteiger partial charge in [-0.1, -0.05) is 19.9 Å². The molecule has 136 valence electrons. The molecule has 8 nitrogen and oxygen atoms in total. The van der Waals surface area contributed by atoms with Crippen molar-refractivity contribution in [3.63, 3.8) is 0 Å². The second-order valence-electron chi connectivity index (χ2n) is 6.63. The van der Waals surface area contributed by atoms with Crippen LogP contribution in [0.15, 0.2) is 29.2 Å². The van der Waals surface area contributed by atoms with Crippen LogP contribution in [0.1, 0.15) is 13.8 Å². The minimum atomic E-state index is -0.306. The van der Waals surface area contributed by atoms with E-state index < -0.39 is 0 Å². The topological polar surface area (TPSA) is 80.9 Å². The quantitative estimate of drug-likeness (QED) is 0.794. The molecule has 1 aliphatic rings. The minimum absolute atomic E-state index is 0.0750. The van der Waals surface area contributed by atoms with E-state index in [-0.39, 0.29) is 24.2 Å². The number of amides is 1. The molecular weight excluding hydrogens is 322 g/mol. The molecule has 1 atom stereocenters. The van der Waals surface area contributed by atoms with Crippen LogP contribution >= 0.6 is 0 Å². The fraction of sp³-hybridized carbons (Fsp3) is 0.588. The Balaban J connectivity index is 1.61. The number of ether oxygens (including phenoxy) is 1. The second kappa shape index (κ2) is 7.79. The molecule has 1 aliphatic heterocycles. The summed E-state index contributed by atoms with van der Waals surface area (Å²) in [6.07, 6.45) is 1.65. The lowest BCUT2D eigenvalue weighted by Gasteiger charge is -2.36. The highest BCUT2D eigenvalue weighted by atomic mass is 16.5. The van der Waals surface area contributed by atoms with E-state index in [9.17, 15) is 9.59 Å². The molecule has 2 aromatic rings. The SMILES string of the molecule is CC(C)[C@H](CNC(=O)Cn1nc2ccccn2c1=O)N1CCOCC1. The summed E-state index contributed by atoms with van der Waals surface area (Å²) in [5, 5.41) is 7.13. The van der Waals surface area contributed by atoms with Gasteiger partial charge in [0, 0.05) is 31.9 Å². The van der Waals surface area contributed by atoms with Gasteiger partial charge in [-0.2, -0.15) is 0 Å². The van der Waals surface area contributed by atoms with Gasteiger partial charge in [0.2, 0.25) is 5.91 Å². The zero-order valence-electron chi connectivity index (χ0n) is 14.7. The summed E-state index contributed by atoms with van der Waals surface area (Å²) in [5.74, 6) is 0.209. The third kappa shape index (κ3) is 4.08. The van der Waals surface area contributed by atoms with Crippen LogP contribution in [0.3, 0.4) is 0 Å². The zero-order chi connectivity index (χ0) is 17.8. The molecule has 3 heterocycles. The van der Waals surface area contributed by atoms with Crippen LogP contribution in [-0.2, 0) is 16.1 Å². The Morgan fingerprint density at radius 1 is 1.32 bits per heavy atom. The largest absolute Gasteiger partial charge is 0.379 e. The molecule has 0 aliphatic carbocycles. The fourth-order valence-electron chi connectivity index (χ4n) is 3.18. The van der Waals surface area contributed by atoms with Crippen molar-refractivity contribution in [1.29, 1.82) is 0 Å². The number of fused-ring (bicyclic) bond motifs is 1. The standard InChI is InChI=1S/C17H25N5O3/c1-13(2)14(20-7-9-25-10-8-20)11-18-16(23)12-22-17(24)21-6-4-3-5-15(21)19-22/h3-6,13-14H,7-12H2,1-2H3,(H,18,23)/t14-/m0/s1. The Kier molecular flexibility index (Phi) is 5.50. The van der Waals surface area contributed by atoms with Gasteiger partial charge in [0.25, 0.3) is 0 Å². The van der Waals surface area contributed by atoms with Crippen LogP contribution in [-0.4, -0.2) is 63.9 Å². The maximum Gasteiger partial charge on any atom is 0.350 e. The van der Waals surface area contributed by atoms with Gasteiger partial charge in [-0.3, -0.25) is 14.1 Å². The molecule has 1 saturated heterocycles. The van der Waals surface area contributed by atoms with Gasteiger partial charge in [0.05, 0.1) is 13.2 Å². The van der Waals surface area contributed by atoms with Crippen molar-refractivity contribution in [2.24, 2.45) is 5.92 Å². The van der Waals surface area contributed by atoms with E-state index in [4.69, 9.17) is 4.74 Å². The van der Waals surface area contributed by atoms with Crippen molar-refractivity contribution in [3.05, 3.63) is 34.9 Å². The van der Waals surface area contributed by atoms with E-state index in [1.165, 1.54) is 9.08 Å². The van der Waals surface area contributed by atoms with Crippen LogP contribution in [0.2, 0.25) is 0 Å². The van der Waals surface area contributed by atoms with Crippen LogP contribution < -0.4 is 11.0 Å². The number of nitrogens with one attached hydrogen (secondary N) is 1. The number of carbonyl (C=O) groups excluding carboxylic acids is 1. The van der Waals surface area contributed by atoms with E-state index in [2.05, 4.69) is 29.2 Å². The van der Waals surface area contributed by atoms with Crippen molar-refractivity contribution >= 4 is 11.6 Å². The lowest BCUT2D eigenvalue weighted by atomic mass is 10.0. The monoisotopic (exact) mass is 347 g/mol. The Labute approximate surface area is 146 Å². The molecule has 1 amide bonds. The Bertz CT molecular complexity index is 776. The molecule has 25 heavy (non-hydrogen) atoms. The minimum Gasteiger partial charge on any atom is -0.379 e. The summed E-state index contributed by atoms with van der Waals surface area (Å²) < 4.78 is 8.03. The number of hydrogen-bond acceptors (Lipinski definition) is 5. The van der Waals surface area contributed by atoms with E-state index in [1.54, 1.807) is 18.3 Å². The molecule has 2 aromatic heterocycles. The first kappa shape index (κ1) is 17.6. The molecular formula is C17H25N5O3. The summed E-state index contributed by atoms with van der Waals surface area (Å²) >= 11 is 0. The van der Waals surface area contributed by atoms with Gasteiger partial charge in [-0.05, 0) is 18.1 Å². The Morgan fingerprint density at radius 2 is 2.08 bits per heavy atom. The van der Waals surface area contributed by atoms with Crippen LogP contribution in [0.4, 0.5) is 0 Å². The highest BCUT2D eigenvalue weighted by Crippen LogP contribution is 2.12. The Hall–Kier alpha value is -2.19. The third-order valence-corrected chi connectivity index (χ3v) is 4.57. The molecule has 1 N–H and O–H groups in total. The predicted molar refractivity (Wildman–Crippen MR) is 93.5 cm³/mol. The smallest absolute Gasteiger partial charge is 0.350 e. The van der Waals surface area contributed by atoms with Gasteiger partial charge in [0.15, 0.2) is 5.65 Å². The van der Waals surface area contributed by atoms with E-state index in [0.717, 1.165) is 26.3 Å². The first-order chi connectivity index (χ1) is 12.1. The summed E-state index contributed by atoms with van der Waals surface area (Å²) in [4.78, 5) is 26.9.